The first-order valence-corrected chi connectivity index (χ1v) is 6.13. The molecule has 17 heavy (non-hydrogen) atoms. The molecule has 2 rings (SSSR count). The predicted molar refractivity (Wildman–Crippen MR) is 67.9 cm³/mol. The van der Waals surface area contributed by atoms with Crippen LogP contribution in [-0.2, 0) is 10.3 Å². The molecule has 1 aliphatic heterocycles. The van der Waals surface area contributed by atoms with Crippen molar-refractivity contribution in [1.29, 1.82) is 0 Å². The van der Waals surface area contributed by atoms with Gasteiger partial charge in [-0.05, 0) is 25.8 Å². The molecule has 0 aliphatic carbocycles. The van der Waals surface area contributed by atoms with Gasteiger partial charge < -0.3 is 15.2 Å². The second-order valence-electron chi connectivity index (χ2n) is 5.36. The Balaban J connectivity index is 1.98. The van der Waals surface area contributed by atoms with E-state index in [2.05, 4.69) is 12.2 Å². The van der Waals surface area contributed by atoms with Crippen LogP contribution in [0.1, 0.15) is 25.8 Å². The normalized spacial score (nSPS) is 27.9. The average molecular weight is 235 g/mol. The third-order valence-electron chi connectivity index (χ3n) is 3.47. The number of hydrogen-bond acceptors (Lipinski definition) is 3. The van der Waals surface area contributed by atoms with E-state index < -0.39 is 5.60 Å². The zero-order chi connectivity index (χ0) is 12.4. The van der Waals surface area contributed by atoms with Gasteiger partial charge in [0.1, 0.15) is 0 Å². The Morgan fingerprint density at radius 2 is 2.12 bits per heavy atom. The summed E-state index contributed by atoms with van der Waals surface area (Å²) in [5.74, 6) is 0. The number of hydrogen-bond donors (Lipinski definition) is 2. The molecule has 0 bridgehead atoms. The Labute approximate surface area is 103 Å². The molecule has 1 aromatic rings. The molecule has 94 valence electrons. The van der Waals surface area contributed by atoms with Crippen molar-refractivity contribution in [2.45, 2.75) is 31.4 Å². The molecule has 0 amide bonds. The van der Waals surface area contributed by atoms with Crippen LogP contribution in [0.15, 0.2) is 30.3 Å². The van der Waals surface area contributed by atoms with E-state index in [9.17, 15) is 5.11 Å². The van der Waals surface area contributed by atoms with E-state index in [-0.39, 0.29) is 5.54 Å². The molecule has 0 saturated carbocycles. The van der Waals surface area contributed by atoms with Crippen LogP contribution in [0.4, 0.5) is 0 Å². The van der Waals surface area contributed by atoms with Crippen LogP contribution in [0.25, 0.3) is 0 Å². The highest BCUT2D eigenvalue weighted by Gasteiger charge is 2.32. The molecule has 3 heteroatoms. The lowest BCUT2D eigenvalue weighted by atomic mass is 9.93. The fraction of sp³-hybridized carbons (Fsp3) is 0.571. The Hall–Kier alpha value is -0.900. The fourth-order valence-corrected chi connectivity index (χ4v) is 2.09. The minimum Gasteiger partial charge on any atom is -0.384 e. The summed E-state index contributed by atoms with van der Waals surface area (Å²) >= 11 is 0. The summed E-state index contributed by atoms with van der Waals surface area (Å²) in [5, 5.41) is 13.9. The number of β-amino-alcohol motifs (C(OH)–C–C–N with tert-alkyl or cyclic N) is 1. The molecule has 1 heterocycles. The van der Waals surface area contributed by atoms with Gasteiger partial charge in [0.15, 0.2) is 0 Å². The SMILES string of the molecule is CC1(NCC(C)(O)c2ccccc2)CCOC1. The first kappa shape index (κ1) is 12.6. The lowest BCUT2D eigenvalue weighted by Gasteiger charge is -2.31. The molecule has 2 N–H and O–H groups in total. The maximum atomic E-state index is 10.5. The molecule has 1 aliphatic rings. The van der Waals surface area contributed by atoms with Gasteiger partial charge in [0.2, 0.25) is 0 Å². The monoisotopic (exact) mass is 235 g/mol. The zero-order valence-corrected chi connectivity index (χ0v) is 10.6. The zero-order valence-electron chi connectivity index (χ0n) is 10.6. The lowest BCUT2D eigenvalue weighted by Crippen LogP contribution is -2.49. The molecular formula is C14H21NO2. The summed E-state index contributed by atoms with van der Waals surface area (Å²) < 4.78 is 5.39. The Morgan fingerprint density at radius 3 is 2.71 bits per heavy atom. The van der Waals surface area contributed by atoms with Gasteiger partial charge in [-0.15, -0.1) is 0 Å². The number of ether oxygens (including phenoxy) is 1. The highest BCUT2D eigenvalue weighted by atomic mass is 16.5. The van der Waals surface area contributed by atoms with Crippen LogP contribution in [-0.4, -0.2) is 30.4 Å². The van der Waals surface area contributed by atoms with Crippen LogP contribution >= 0.6 is 0 Å². The highest BCUT2D eigenvalue weighted by molar-refractivity contribution is 5.21. The summed E-state index contributed by atoms with van der Waals surface area (Å²) in [6.45, 7) is 6.04. The molecule has 0 aromatic heterocycles. The summed E-state index contributed by atoms with van der Waals surface area (Å²) in [4.78, 5) is 0. The molecule has 1 fully saturated rings. The van der Waals surface area contributed by atoms with Crippen molar-refractivity contribution < 1.29 is 9.84 Å². The molecule has 2 unspecified atom stereocenters. The van der Waals surface area contributed by atoms with Gasteiger partial charge in [-0.1, -0.05) is 30.3 Å². The van der Waals surface area contributed by atoms with E-state index in [1.165, 1.54) is 0 Å². The molecular weight excluding hydrogens is 214 g/mol. The van der Waals surface area contributed by atoms with Crippen molar-refractivity contribution in [3.63, 3.8) is 0 Å². The van der Waals surface area contributed by atoms with Crippen molar-refractivity contribution in [2.24, 2.45) is 0 Å². The standard InChI is InChI=1S/C14H21NO2/c1-13(8-9-17-11-13)15-10-14(2,16)12-6-4-3-5-7-12/h3-7,15-16H,8-11H2,1-2H3. The van der Waals surface area contributed by atoms with E-state index in [0.29, 0.717) is 6.54 Å². The average Bonchev–Trinajstić information content (AvgIpc) is 2.76. The predicted octanol–water partition coefficient (Wildman–Crippen LogP) is 1.66. The van der Waals surface area contributed by atoms with Gasteiger partial charge in [-0.3, -0.25) is 0 Å². The van der Waals surface area contributed by atoms with E-state index in [4.69, 9.17) is 4.74 Å². The minimum absolute atomic E-state index is 0.00122. The van der Waals surface area contributed by atoms with Gasteiger partial charge in [0.05, 0.1) is 12.2 Å². The van der Waals surface area contributed by atoms with E-state index >= 15 is 0 Å². The third-order valence-corrected chi connectivity index (χ3v) is 3.47. The summed E-state index contributed by atoms with van der Waals surface area (Å²) in [5.41, 5.74) is 0.0982. The van der Waals surface area contributed by atoms with Gasteiger partial charge in [0, 0.05) is 18.7 Å². The fourth-order valence-electron chi connectivity index (χ4n) is 2.09. The van der Waals surface area contributed by atoms with Crippen molar-refractivity contribution in [2.75, 3.05) is 19.8 Å². The quantitative estimate of drug-likeness (QED) is 0.834. The Morgan fingerprint density at radius 1 is 1.41 bits per heavy atom. The van der Waals surface area contributed by atoms with Gasteiger partial charge in [-0.25, -0.2) is 0 Å². The third kappa shape index (κ3) is 3.06. The molecule has 1 aromatic carbocycles. The lowest BCUT2D eigenvalue weighted by molar-refractivity contribution is 0.0463. The smallest absolute Gasteiger partial charge is 0.0992 e. The van der Waals surface area contributed by atoms with Gasteiger partial charge in [0.25, 0.3) is 0 Å². The topological polar surface area (TPSA) is 41.5 Å². The van der Waals surface area contributed by atoms with Gasteiger partial charge >= 0.3 is 0 Å². The Kier molecular flexibility index (Phi) is 3.52. The van der Waals surface area contributed by atoms with Crippen LogP contribution in [0, 0.1) is 0 Å². The van der Waals surface area contributed by atoms with Gasteiger partial charge in [-0.2, -0.15) is 0 Å². The Bertz CT molecular complexity index is 356. The second-order valence-corrected chi connectivity index (χ2v) is 5.36. The summed E-state index contributed by atoms with van der Waals surface area (Å²) in [7, 11) is 0. The minimum atomic E-state index is -0.840. The first-order valence-electron chi connectivity index (χ1n) is 6.13. The number of aliphatic hydroxyl groups is 1. The first-order chi connectivity index (χ1) is 8.02. The highest BCUT2D eigenvalue weighted by Crippen LogP contribution is 2.23. The van der Waals surface area contributed by atoms with Crippen molar-refractivity contribution >= 4 is 0 Å². The summed E-state index contributed by atoms with van der Waals surface area (Å²) in [6, 6.07) is 9.76. The molecule has 3 nitrogen and oxygen atoms in total. The van der Waals surface area contributed by atoms with E-state index in [0.717, 1.165) is 25.2 Å². The number of rotatable bonds is 4. The second kappa shape index (κ2) is 4.77. The maximum Gasteiger partial charge on any atom is 0.0992 e. The molecule has 1 saturated heterocycles. The largest absolute Gasteiger partial charge is 0.384 e. The van der Waals surface area contributed by atoms with E-state index in [1.54, 1.807) is 0 Å². The molecule has 0 radical (unpaired) electrons. The maximum absolute atomic E-state index is 10.5. The molecule has 0 spiro atoms. The van der Waals surface area contributed by atoms with Crippen LogP contribution in [0.3, 0.4) is 0 Å². The van der Waals surface area contributed by atoms with E-state index in [1.807, 2.05) is 37.3 Å². The number of nitrogens with one attached hydrogen (secondary N) is 1. The van der Waals surface area contributed by atoms with Crippen molar-refractivity contribution in [1.82, 2.24) is 5.32 Å². The number of benzene rings is 1. The van der Waals surface area contributed by atoms with Crippen molar-refractivity contribution in [3.8, 4) is 0 Å². The summed E-state index contributed by atoms with van der Waals surface area (Å²) in [6.07, 6.45) is 0.998. The van der Waals surface area contributed by atoms with Crippen LogP contribution in [0.2, 0.25) is 0 Å². The molecule has 2 atom stereocenters. The van der Waals surface area contributed by atoms with Crippen molar-refractivity contribution in [3.05, 3.63) is 35.9 Å². The van der Waals surface area contributed by atoms with Crippen LogP contribution < -0.4 is 5.32 Å². The van der Waals surface area contributed by atoms with Crippen LogP contribution in [0.5, 0.6) is 0 Å².